The van der Waals surface area contributed by atoms with Gasteiger partial charge in [0, 0.05) is 20.8 Å². The van der Waals surface area contributed by atoms with E-state index >= 15 is 0 Å². The highest BCUT2D eigenvalue weighted by molar-refractivity contribution is 14.1. The summed E-state index contributed by atoms with van der Waals surface area (Å²) in [4.78, 5) is 0. The van der Waals surface area contributed by atoms with E-state index in [1.807, 2.05) is 18.2 Å². The van der Waals surface area contributed by atoms with Crippen LogP contribution in [0.15, 0.2) is 42.5 Å². The lowest BCUT2D eigenvalue weighted by atomic mass is 10.2. The van der Waals surface area contributed by atoms with Crippen LogP contribution in [0.25, 0.3) is 0 Å². The number of hydrogen-bond donors (Lipinski definition) is 1. The minimum absolute atomic E-state index is 0.777. The first-order valence-corrected chi connectivity index (χ1v) is 11.6. The van der Waals surface area contributed by atoms with Crippen molar-refractivity contribution in [1.82, 2.24) is 0 Å². The lowest BCUT2D eigenvalue weighted by Crippen LogP contribution is -2.37. The molecular formula is C16H19ClINSi. The van der Waals surface area contributed by atoms with Crippen LogP contribution < -0.4 is 10.5 Å². The summed E-state index contributed by atoms with van der Waals surface area (Å²) >= 11 is 8.27. The fourth-order valence-corrected chi connectivity index (χ4v) is 4.18. The van der Waals surface area contributed by atoms with Gasteiger partial charge in [0.1, 0.15) is 0 Å². The zero-order valence-corrected chi connectivity index (χ0v) is 15.9. The SMILES string of the molecule is C[Si](C)(C)c1ccc(CNc2ccc(Cl)cc2I)cc1. The Hall–Kier alpha value is -0.523. The fraction of sp³-hybridized carbons (Fsp3) is 0.250. The van der Waals surface area contributed by atoms with E-state index in [-0.39, 0.29) is 0 Å². The van der Waals surface area contributed by atoms with Crippen molar-refractivity contribution in [2.24, 2.45) is 0 Å². The van der Waals surface area contributed by atoms with Crippen LogP contribution in [0.4, 0.5) is 5.69 Å². The van der Waals surface area contributed by atoms with E-state index in [1.165, 1.54) is 10.8 Å². The van der Waals surface area contributed by atoms with E-state index < -0.39 is 8.07 Å². The summed E-state index contributed by atoms with van der Waals surface area (Å²) in [6, 6.07) is 14.9. The molecule has 2 aromatic rings. The third-order valence-corrected chi connectivity index (χ3v) is 6.43. The van der Waals surface area contributed by atoms with Gasteiger partial charge in [-0.1, -0.05) is 60.7 Å². The topological polar surface area (TPSA) is 12.0 Å². The first kappa shape index (κ1) is 15.9. The van der Waals surface area contributed by atoms with Gasteiger partial charge in [0.2, 0.25) is 0 Å². The Balaban J connectivity index is 2.04. The van der Waals surface area contributed by atoms with Gasteiger partial charge in [-0.15, -0.1) is 0 Å². The maximum absolute atomic E-state index is 5.97. The van der Waals surface area contributed by atoms with Crippen molar-refractivity contribution in [2.75, 3.05) is 5.32 Å². The minimum Gasteiger partial charge on any atom is -0.380 e. The van der Waals surface area contributed by atoms with Crippen molar-refractivity contribution in [2.45, 2.75) is 26.2 Å². The quantitative estimate of drug-likeness (QED) is 0.541. The zero-order valence-electron chi connectivity index (χ0n) is 12.0. The van der Waals surface area contributed by atoms with Gasteiger partial charge < -0.3 is 5.32 Å². The van der Waals surface area contributed by atoms with Crippen LogP contribution in [0.2, 0.25) is 24.7 Å². The van der Waals surface area contributed by atoms with Crippen molar-refractivity contribution in [3.8, 4) is 0 Å². The largest absolute Gasteiger partial charge is 0.380 e. The maximum Gasteiger partial charge on any atom is 0.0775 e. The summed E-state index contributed by atoms with van der Waals surface area (Å²) in [5, 5.41) is 5.74. The number of rotatable bonds is 4. The molecule has 0 radical (unpaired) electrons. The van der Waals surface area contributed by atoms with E-state index in [0.717, 1.165) is 20.8 Å². The molecule has 0 saturated heterocycles. The molecule has 2 aromatic carbocycles. The standard InChI is InChI=1S/C16H19ClINSi/c1-20(2,3)14-7-4-12(5-8-14)11-19-16-9-6-13(17)10-15(16)18/h4-10,19H,11H2,1-3H3. The number of halogens is 2. The molecule has 0 bridgehead atoms. The Bertz CT molecular complexity index is 590. The van der Waals surface area contributed by atoms with Crippen LogP contribution in [-0.4, -0.2) is 8.07 Å². The Morgan fingerprint density at radius 3 is 2.25 bits per heavy atom. The van der Waals surface area contributed by atoms with E-state index in [4.69, 9.17) is 11.6 Å². The lowest BCUT2D eigenvalue weighted by molar-refractivity contribution is 1.15. The van der Waals surface area contributed by atoms with Crippen LogP contribution in [0.3, 0.4) is 0 Å². The molecule has 0 unspecified atom stereocenters. The average molecular weight is 416 g/mol. The zero-order chi connectivity index (χ0) is 14.8. The van der Waals surface area contributed by atoms with Gasteiger partial charge in [-0.2, -0.15) is 0 Å². The smallest absolute Gasteiger partial charge is 0.0775 e. The molecule has 0 aromatic heterocycles. The predicted molar refractivity (Wildman–Crippen MR) is 101 cm³/mol. The second kappa shape index (κ2) is 6.50. The number of benzene rings is 2. The molecule has 2 rings (SSSR count). The van der Waals surface area contributed by atoms with Crippen molar-refractivity contribution in [3.63, 3.8) is 0 Å². The Labute approximate surface area is 140 Å². The summed E-state index contributed by atoms with van der Waals surface area (Å²) in [7, 11) is -1.19. The number of anilines is 1. The summed E-state index contributed by atoms with van der Waals surface area (Å²) in [5.74, 6) is 0. The molecule has 106 valence electrons. The van der Waals surface area contributed by atoms with E-state index in [1.54, 1.807) is 0 Å². The molecule has 0 heterocycles. The number of hydrogen-bond acceptors (Lipinski definition) is 1. The van der Waals surface area contributed by atoms with Gasteiger partial charge in [0.05, 0.1) is 8.07 Å². The van der Waals surface area contributed by atoms with Crippen LogP contribution in [0.5, 0.6) is 0 Å². The summed E-state index contributed by atoms with van der Waals surface area (Å²) in [5.41, 5.74) is 2.43. The summed E-state index contributed by atoms with van der Waals surface area (Å²) < 4.78 is 1.15. The first-order valence-electron chi connectivity index (χ1n) is 6.64. The van der Waals surface area contributed by atoms with Crippen molar-refractivity contribution < 1.29 is 0 Å². The first-order chi connectivity index (χ1) is 9.36. The molecule has 20 heavy (non-hydrogen) atoms. The van der Waals surface area contributed by atoms with Crippen molar-refractivity contribution in [1.29, 1.82) is 0 Å². The second-order valence-corrected chi connectivity index (χ2v) is 12.6. The molecule has 0 aliphatic rings. The lowest BCUT2D eigenvalue weighted by Gasteiger charge is -2.17. The van der Waals surface area contributed by atoms with Crippen molar-refractivity contribution in [3.05, 3.63) is 56.6 Å². The third kappa shape index (κ3) is 4.23. The molecule has 0 fully saturated rings. The highest BCUT2D eigenvalue weighted by atomic mass is 127. The molecule has 0 aliphatic heterocycles. The number of nitrogens with one attached hydrogen (secondary N) is 1. The van der Waals surface area contributed by atoms with Gasteiger partial charge in [0.25, 0.3) is 0 Å². The van der Waals surface area contributed by atoms with E-state index in [2.05, 4.69) is 71.8 Å². The molecule has 0 saturated carbocycles. The van der Waals surface area contributed by atoms with Gasteiger partial charge >= 0.3 is 0 Å². The Morgan fingerprint density at radius 2 is 1.70 bits per heavy atom. The van der Waals surface area contributed by atoms with E-state index in [9.17, 15) is 0 Å². The molecule has 0 amide bonds. The normalized spacial score (nSPS) is 11.4. The van der Waals surface area contributed by atoms with Gasteiger partial charge in [-0.25, -0.2) is 0 Å². The summed E-state index contributed by atoms with van der Waals surface area (Å²) in [6.45, 7) is 7.95. The highest BCUT2D eigenvalue weighted by Crippen LogP contribution is 2.22. The van der Waals surface area contributed by atoms with Gasteiger partial charge in [0.15, 0.2) is 0 Å². The monoisotopic (exact) mass is 415 g/mol. The van der Waals surface area contributed by atoms with E-state index in [0.29, 0.717) is 0 Å². The molecule has 0 aliphatic carbocycles. The van der Waals surface area contributed by atoms with Crippen LogP contribution in [0, 0.1) is 3.57 Å². The van der Waals surface area contributed by atoms with Crippen molar-refractivity contribution >= 4 is 53.1 Å². The summed E-state index contributed by atoms with van der Waals surface area (Å²) in [6.07, 6.45) is 0. The molecule has 0 atom stereocenters. The third-order valence-electron chi connectivity index (χ3n) is 3.23. The molecular weight excluding hydrogens is 397 g/mol. The fourth-order valence-electron chi connectivity index (χ4n) is 1.95. The van der Waals surface area contributed by atoms with Crippen LogP contribution in [-0.2, 0) is 6.54 Å². The Morgan fingerprint density at radius 1 is 1.05 bits per heavy atom. The molecule has 0 spiro atoms. The average Bonchev–Trinajstić information content (AvgIpc) is 2.37. The van der Waals surface area contributed by atoms with Gasteiger partial charge in [-0.3, -0.25) is 0 Å². The molecule has 4 heteroatoms. The Kier molecular flexibility index (Phi) is 5.15. The second-order valence-electron chi connectivity index (χ2n) is 5.92. The minimum atomic E-state index is -1.19. The highest BCUT2D eigenvalue weighted by Gasteiger charge is 2.15. The maximum atomic E-state index is 5.97. The van der Waals surface area contributed by atoms with Crippen LogP contribution in [0.1, 0.15) is 5.56 Å². The van der Waals surface area contributed by atoms with Crippen LogP contribution >= 0.6 is 34.2 Å². The molecule has 1 N–H and O–H groups in total. The van der Waals surface area contributed by atoms with Gasteiger partial charge in [-0.05, 0) is 46.4 Å². The predicted octanol–water partition coefficient (Wildman–Crippen LogP) is 5.10. The molecule has 1 nitrogen and oxygen atoms in total.